The van der Waals surface area contributed by atoms with E-state index in [-0.39, 0.29) is 11.9 Å². The second kappa shape index (κ2) is 7.62. The highest BCUT2D eigenvalue weighted by molar-refractivity contribution is 7.13. The van der Waals surface area contributed by atoms with Crippen molar-refractivity contribution in [2.75, 3.05) is 18.0 Å². The average molecular weight is 380 g/mol. The van der Waals surface area contributed by atoms with Crippen molar-refractivity contribution in [1.29, 1.82) is 0 Å². The summed E-state index contributed by atoms with van der Waals surface area (Å²) in [7, 11) is 0. The number of nitrogens with one attached hydrogen (secondary N) is 1. The molecule has 0 radical (unpaired) electrons. The lowest BCUT2D eigenvalue weighted by Crippen LogP contribution is -2.52. The van der Waals surface area contributed by atoms with Crippen molar-refractivity contribution in [2.45, 2.75) is 38.3 Å². The van der Waals surface area contributed by atoms with Crippen molar-refractivity contribution in [2.24, 2.45) is 0 Å². The maximum atomic E-state index is 12.6. The summed E-state index contributed by atoms with van der Waals surface area (Å²) in [5.41, 5.74) is -0.944. The van der Waals surface area contributed by atoms with E-state index >= 15 is 0 Å². The summed E-state index contributed by atoms with van der Waals surface area (Å²) in [4.78, 5) is 19.2. The first-order valence-corrected chi connectivity index (χ1v) is 9.60. The minimum atomic E-state index is -0.944. The highest BCUT2D eigenvalue weighted by Gasteiger charge is 2.32. The molecular weight excluding hydrogens is 358 g/mol. The van der Waals surface area contributed by atoms with Gasteiger partial charge in [-0.05, 0) is 51.0 Å². The third-order valence-electron chi connectivity index (χ3n) is 4.25. The molecule has 0 unspecified atom stereocenters. The monoisotopic (exact) mass is 379 g/mol. The summed E-state index contributed by atoms with van der Waals surface area (Å²) in [5.74, 6) is 0.526. The molecule has 1 amide bonds. The number of benzene rings is 1. The van der Waals surface area contributed by atoms with Gasteiger partial charge in [0.15, 0.2) is 10.7 Å². The Morgan fingerprint density at radius 1 is 1.32 bits per heavy atom. The zero-order valence-electron chi connectivity index (χ0n) is 14.4. The molecule has 1 aliphatic heterocycles. The number of hydrogen-bond acceptors (Lipinski definition) is 5. The SMILES string of the molecule is CC(C)(Oc1ccc(Cl)cc1)C(=O)NC1CCN(c2nccs2)CC1. The van der Waals surface area contributed by atoms with Crippen LogP contribution in [0.25, 0.3) is 0 Å². The van der Waals surface area contributed by atoms with E-state index in [1.807, 2.05) is 11.6 Å². The van der Waals surface area contributed by atoms with Crippen LogP contribution in [-0.4, -0.2) is 35.6 Å². The molecule has 7 heteroatoms. The van der Waals surface area contributed by atoms with Gasteiger partial charge in [0.05, 0.1) is 0 Å². The van der Waals surface area contributed by atoms with Gasteiger partial charge in [-0.1, -0.05) is 11.6 Å². The summed E-state index contributed by atoms with van der Waals surface area (Å²) in [6, 6.07) is 7.20. The zero-order chi connectivity index (χ0) is 17.9. The third kappa shape index (κ3) is 4.64. The molecule has 2 aromatic rings. The van der Waals surface area contributed by atoms with Crippen LogP contribution < -0.4 is 15.0 Å². The normalized spacial score (nSPS) is 15.9. The Bertz CT molecular complexity index is 696. The van der Waals surface area contributed by atoms with Crippen molar-refractivity contribution < 1.29 is 9.53 Å². The Labute approximate surface area is 157 Å². The molecule has 0 aliphatic carbocycles. The van der Waals surface area contributed by atoms with Crippen LogP contribution in [0, 0.1) is 0 Å². The first-order valence-electron chi connectivity index (χ1n) is 8.34. The topological polar surface area (TPSA) is 54.5 Å². The van der Waals surface area contributed by atoms with Gasteiger partial charge in [0.2, 0.25) is 0 Å². The fourth-order valence-corrected chi connectivity index (χ4v) is 3.61. The van der Waals surface area contributed by atoms with Gasteiger partial charge in [0.1, 0.15) is 5.75 Å². The molecule has 5 nitrogen and oxygen atoms in total. The molecular formula is C18H22ClN3O2S. The number of aromatic nitrogens is 1. The molecule has 3 rings (SSSR count). The number of ether oxygens (including phenoxy) is 1. The van der Waals surface area contributed by atoms with Crippen molar-refractivity contribution in [3.63, 3.8) is 0 Å². The molecule has 0 saturated carbocycles. The second-order valence-corrected chi connectivity index (χ2v) is 7.93. The zero-order valence-corrected chi connectivity index (χ0v) is 15.9. The maximum Gasteiger partial charge on any atom is 0.263 e. The van der Waals surface area contributed by atoms with Gasteiger partial charge in [-0.2, -0.15) is 0 Å². The van der Waals surface area contributed by atoms with E-state index in [9.17, 15) is 4.79 Å². The molecule has 1 aromatic carbocycles. The average Bonchev–Trinajstić information content (AvgIpc) is 3.12. The molecule has 2 heterocycles. The van der Waals surface area contributed by atoms with Crippen molar-refractivity contribution in [3.8, 4) is 5.75 Å². The van der Waals surface area contributed by atoms with Gasteiger partial charge < -0.3 is 15.0 Å². The highest BCUT2D eigenvalue weighted by Crippen LogP contribution is 2.24. The minimum Gasteiger partial charge on any atom is -0.478 e. The smallest absolute Gasteiger partial charge is 0.263 e. The van der Waals surface area contributed by atoms with Crippen LogP contribution in [0.15, 0.2) is 35.8 Å². The standard InChI is InChI=1S/C18H22ClN3O2S/c1-18(2,24-15-5-3-13(19)4-6-15)16(23)21-14-7-10-22(11-8-14)17-20-9-12-25-17/h3-6,9,12,14H,7-8,10-11H2,1-2H3,(H,21,23). The van der Waals surface area contributed by atoms with Crippen LogP contribution in [0.2, 0.25) is 5.02 Å². The predicted octanol–water partition coefficient (Wildman–Crippen LogP) is 3.74. The van der Waals surface area contributed by atoms with Crippen molar-refractivity contribution >= 4 is 34.0 Å². The second-order valence-electron chi connectivity index (χ2n) is 6.62. The fraction of sp³-hybridized carbons (Fsp3) is 0.444. The number of anilines is 1. The van der Waals surface area contributed by atoms with Crippen molar-refractivity contribution in [3.05, 3.63) is 40.9 Å². The number of nitrogens with zero attached hydrogens (tertiary/aromatic N) is 2. The lowest BCUT2D eigenvalue weighted by atomic mass is 10.0. The fourth-order valence-electron chi connectivity index (χ4n) is 2.79. The van der Waals surface area contributed by atoms with E-state index in [0.717, 1.165) is 31.1 Å². The maximum absolute atomic E-state index is 12.6. The Morgan fingerprint density at radius 3 is 2.60 bits per heavy atom. The van der Waals surface area contributed by atoms with Gasteiger partial charge in [-0.25, -0.2) is 4.98 Å². The van der Waals surface area contributed by atoms with Crippen LogP contribution in [-0.2, 0) is 4.79 Å². The van der Waals surface area contributed by atoms with E-state index in [4.69, 9.17) is 16.3 Å². The van der Waals surface area contributed by atoms with Gasteiger partial charge in [0, 0.05) is 35.7 Å². The first kappa shape index (κ1) is 18.0. The van der Waals surface area contributed by atoms with Gasteiger partial charge in [0.25, 0.3) is 5.91 Å². The van der Waals surface area contributed by atoms with Crippen LogP contribution in [0.3, 0.4) is 0 Å². The minimum absolute atomic E-state index is 0.102. The van der Waals surface area contributed by atoms with E-state index in [1.54, 1.807) is 49.4 Å². The predicted molar refractivity (Wildman–Crippen MR) is 102 cm³/mol. The summed E-state index contributed by atoms with van der Waals surface area (Å²) in [6.45, 7) is 5.36. The molecule has 0 bridgehead atoms. The lowest BCUT2D eigenvalue weighted by Gasteiger charge is -2.34. The van der Waals surface area contributed by atoms with E-state index in [0.29, 0.717) is 10.8 Å². The van der Waals surface area contributed by atoms with E-state index in [1.165, 1.54) is 0 Å². The van der Waals surface area contributed by atoms with Gasteiger partial charge >= 0.3 is 0 Å². The molecule has 0 atom stereocenters. The highest BCUT2D eigenvalue weighted by atomic mass is 35.5. The third-order valence-corrected chi connectivity index (χ3v) is 5.34. The van der Waals surface area contributed by atoms with Crippen LogP contribution in [0.1, 0.15) is 26.7 Å². The molecule has 1 aromatic heterocycles. The largest absolute Gasteiger partial charge is 0.478 e. The molecule has 0 spiro atoms. The molecule has 25 heavy (non-hydrogen) atoms. The van der Waals surface area contributed by atoms with Crippen LogP contribution >= 0.6 is 22.9 Å². The molecule has 1 fully saturated rings. The van der Waals surface area contributed by atoms with Gasteiger partial charge in [-0.15, -0.1) is 11.3 Å². The van der Waals surface area contributed by atoms with E-state index < -0.39 is 5.60 Å². The van der Waals surface area contributed by atoms with Crippen LogP contribution in [0.4, 0.5) is 5.13 Å². The molecule has 1 saturated heterocycles. The number of carbonyl (C=O) groups is 1. The number of piperidine rings is 1. The Kier molecular flexibility index (Phi) is 5.49. The van der Waals surface area contributed by atoms with E-state index in [2.05, 4.69) is 15.2 Å². The van der Waals surface area contributed by atoms with Crippen LogP contribution in [0.5, 0.6) is 5.75 Å². The molecule has 1 aliphatic rings. The first-order chi connectivity index (χ1) is 11.9. The van der Waals surface area contributed by atoms with Crippen molar-refractivity contribution in [1.82, 2.24) is 10.3 Å². The Hall–Kier alpha value is -1.79. The number of carbonyl (C=O) groups excluding carboxylic acids is 1. The number of rotatable bonds is 5. The number of thiazole rings is 1. The lowest BCUT2D eigenvalue weighted by molar-refractivity contribution is -0.135. The number of amides is 1. The summed E-state index contributed by atoms with van der Waals surface area (Å²) < 4.78 is 5.85. The molecule has 1 N–H and O–H groups in total. The number of halogens is 1. The number of hydrogen-bond donors (Lipinski definition) is 1. The Morgan fingerprint density at radius 2 is 2.00 bits per heavy atom. The summed E-state index contributed by atoms with van der Waals surface area (Å²) >= 11 is 7.53. The summed E-state index contributed by atoms with van der Waals surface area (Å²) in [6.07, 6.45) is 3.63. The quantitative estimate of drug-likeness (QED) is 0.859. The van der Waals surface area contributed by atoms with Gasteiger partial charge in [-0.3, -0.25) is 4.79 Å². The summed E-state index contributed by atoms with van der Waals surface area (Å²) in [5, 5.41) is 6.80. The molecule has 134 valence electrons. The Balaban J connectivity index is 1.52.